The van der Waals surface area contributed by atoms with Crippen LogP contribution in [-0.2, 0) is 9.47 Å². The van der Waals surface area contributed by atoms with Crippen molar-refractivity contribution in [2.75, 3.05) is 24.7 Å². The number of nitrogens with two attached hydrogens (primary N) is 2. The third-order valence-corrected chi connectivity index (χ3v) is 6.36. The average molecular weight is 553 g/mol. The Bertz CT molecular complexity index is 1310. The van der Waals surface area contributed by atoms with Gasteiger partial charge in [0.1, 0.15) is 60.3 Å². The number of anilines is 2. The van der Waals surface area contributed by atoms with Crippen molar-refractivity contribution >= 4 is 34.0 Å². The van der Waals surface area contributed by atoms with Gasteiger partial charge in [-0.2, -0.15) is 0 Å². The maximum Gasteiger partial charge on any atom is 0.167 e. The molecule has 212 valence electrons. The summed E-state index contributed by atoms with van der Waals surface area (Å²) in [4.78, 5) is 23.8. The smallest absolute Gasteiger partial charge is 0.167 e. The molecule has 0 unspecified atom stereocenters. The zero-order valence-corrected chi connectivity index (χ0v) is 20.1. The molecule has 0 spiro atoms. The molecule has 2 aliphatic rings. The lowest BCUT2D eigenvalue weighted by atomic mass is 10.1. The lowest BCUT2D eigenvalue weighted by Crippen LogP contribution is -2.33. The number of hydrogen-bond acceptors (Lipinski definition) is 16. The monoisotopic (exact) mass is 552 g/mol. The molecule has 19 nitrogen and oxygen atoms in total. The molecule has 4 aromatic rings. The molecule has 0 aliphatic carbocycles. The fraction of sp³-hybridized carbons (Fsp3) is 0.500. The van der Waals surface area contributed by atoms with Crippen molar-refractivity contribution in [2.24, 2.45) is 0 Å². The number of nitrogen functional groups attached to an aromatic ring is 2. The van der Waals surface area contributed by atoms with E-state index in [4.69, 9.17) is 31.2 Å². The van der Waals surface area contributed by atoms with Crippen molar-refractivity contribution in [1.29, 1.82) is 0 Å². The molecule has 8 atom stereocenters. The molecular weight excluding hydrogens is 524 g/mol. The quantitative estimate of drug-likeness (QED) is 0.118. The van der Waals surface area contributed by atoms with Crippen molar-refractivity contribution in [3.05, 3.63) is 25.3 Å². The van der Waals surface area contributed by atoms with E-state index in [1.54, 1.807) is 0 Å². The Labute approximate surface area is 218 Å². The third-order valence-electron chi connectivity index (χ3n) is 6.36. The summed E-state index contributed by atoms with van der Waals surface area (Å²) < 4.78 is 13.7. The van der Waals surface area contributed by atoms with Crippen LogP contribution in [0.15, 0.2) is 25.3 Å². The van der Waals surface area contributed by atoms with E-state index in [9.17, 15) is 20.4 Å². The summed E-state index contributed by atoms with van der Waals surface area (Å²) in [5.41, 5.74) is 12.9. The minimum absolute atomic E-state index is 0. The van der Waals surface area contributed by atoms with Crippen LogP contribution in [0.1, 0.15) is 12.5 Å². The highest BCUT2D eigenvalue weighted by Crippen LogP contribution is 2.32. The molecule has 0 amide bonds. The first kappa shape index (κ1) is 28.4. The van der Waals surface area contributed by atoms with Crippen molar-refractivity contribution in [3.63, 3.8) is 0 Å². The highest BCUT2D eigenvalue weighted by molar-refractivity contribution is 5.81. The zero-order valence-electron chi connectivity index (χ0n) is 20.1. The van der Waals surface area contributed by atoms with Gasteiger partial charge in [-0.15, -0.1) is 0 Å². The number of nitrogens with zero attached hydrogens (tertiary/aromatic N) is 8. The van der Waals surface area contributed by atoms with Crippen LogP contribution in [0.4, 0.5) is 11.6 Å². The second-order valence-electron chi connectivity index (χ2n) is 8.62. The normalized spacial score (nSPS) is 30.3. The molecule has 12 N–H and O–H groups in total. The van der Waals surface area contributed by atoms with Crippen LogP contribution in [0.25, 0.3) is 22.3 Å². The third kappa shape index (κ3) is 4.82. The lowest BCUT2D eigenvalue weighted by Gasteiger charge is -2.16. The van der Waals surface area contributed by atoms with E-state index in [-0.39, 0.29) is 17.1 Å². The standard InChI is InChI=1S/2C10H13N5O4.H2O/c2*11-8-5-9(13-2-12-8)15(3-14-5)10-7(18)6(17)4(1-16)19-10;/h2*2-4,6-7,10,16-18H,1H2,(H2,11,12,13);1H2/t4-,6-,7+,10-;4-,6-,7-,10-;/m11./s1. The topological polar surface area (TPSA) is 311 Å². The number of aliphatic hydroxyl groups excluding tert-OH is 6. The van der Waals surface area contributed by atoms with E-state index in [0.717, 1.165) is 0 Å². The number of aromatic nitrogens is 8. The van der Waals surface area contributed by atoms with Crippen LogP contribution >= 0.6 is 0 Å². The van der Waals surface area contributed by atoms with E-state index in [1.165, 1.54) is 34.4 Å². The summed E-state index contributed by atoms with van der Waals surface area (Å²) in [5.74, 6) is 0.436. The van der Waals surface area contributed by atoms with Gasteiger partial charge in [-0.25, -0.2) is 29.9 Å². The fourth-order valence-electron chi connectivity index (χ4n) is 4.33. The van der Waals surface area contributed by atoms with Crippen molar-refractivity contribution in [2.45, 2.75) is 49.1 Å². The number of hydrogen-bond donors (Lipinski definition) is 8. The van der Waals surface area contributed by atoms with Crippen LogP contribution in [0.2, 0.25) is 0 Å². The molecule has 19 heteroatoms. The van der Waals surface area contributed by atoms with E-state index in [0.29, 0.717) is 22.3 Å². The Balaban J connectivity index is 0.000000176. The van der Waals surface area contributed by atoms with E-state index in [1.807, 2.05) is 0 Å². The molecule has 0 radical (unpaired) electrons. The number of rotatable bonds is 4. The molecule has 39 heavy (non-hydrogen) atoms. The molecule has 6 rings (SSSR count). The van der Waals surface area contributed by atoms with Gasteiger partial charge in [0.15, 0.2) is 35.4 Å². The second-order valence-corrected chi connectivity index (χ2v) is 8.62. The summed E-state index contributed by atoms with van der Waals surface area (Å²) in [6.45, 7) is -0.781. The molecule has 6 heterocycles. The Kier molecular flexibility index (Phi) is 8.15. The highest BCUT2D eigenvalue weighted by atomic mass is 16.6. The van der Waals surface area contributed by atoms with Gasteiger partial charge in [0.05, 0.1) is 25.9 Å². The van der Waals surface area contributed by atoms with E-state index < -0.39 is 62.3 Å². The Morgan fingerprint density at radius 2 is 1.03 bits per heavy atom. The van der Waals surface area contributed by atoms with E-state index >= 15 is 0 Å². The van der Waals surface area contributed by atoms with Gasteiger partial charge in [0.2, 0.25) is 0 Å². The SMILES string of the molecule is Nc1ncnc2c1ncn2[C@@H]1O[C@H](CO)[C@@H](O)[C@@H]1O.Nc1ncnc2c1ncn2[C@@H]1O[C@H](CO)[C@@H](O)[C@H]1O.O. The highest BCUT2D eigenvalue weighted by Gasteiger charge is 2.45. The van der Waals surface area contributed by atoms with Crippen molar-refractivity contribution in [3.8, 4) is 0 Å². The van der Waals surface area contributed by atoms with Gasteiger partial charge in [0, 0.05) is 0 Å². The predicted molar refractivity (Wildman–Crippen MR) is 129 cm³/mol. The first-order valence-corrected chi connectivity index (χ1v) is 11.4. The Hall–Kier alpha value is -3.66. The van der Waals surface area contributed by atoms with Crippen molar-refractivity contribution in [1.82, 2.24) is 39.0 Å². The summed E-state index contributed by atoms with van der Waals surface area (Å²) in [5, 5.41) is 57.5. The molecule has 0 aromatic carbocycles. The number of fused-ring (bicyclic) bond motifs is 2. The Morgan fingerprint density at radius 3 is 1.36 bits per heavy atom. The maximum absolute atomic E-state index is 9.95. The molecule has 0 saturated carbocycles. The summed E-state index contributed by atoms with van der Waals surface area (Å²) in [7, 11) is 0. The van der Waals surface area contributed by atoms with Crippen LogP contribution in [0.5, 0.6) is 0 Å². The summed E-state index contributed by atoms with van der Waals surface area (Å²) in [6, 6.07) is 0. The fourth-order valence-corrected chi connectivity index (χ4v) is 4.33. The van der Waals surface area contributed by atoms with Crippen LogP contribution in [0.3, 0.4) is 0 Å². The molecule has 2 aliphatic heterocycles. The summed E-state index contributed by atoms with van der Waals surface area (Å²) in [6.07, 6.45) is -2.85. The maximum atomic E-state index is 9.95. The number of aliphatic hydroxyl groups is 6. The van der Waals surface area contributed by atoms with Crippen LogP contribution in [0, 0.1) is 0 Å². The minimum atomic E-state index is -1.19. The molecule has 4 aromatic heterocycles. The molecular formula is C20H28N10O9. The lowest BCUT2D eigenvalue weighted by molar-refractivity contribution is -0.0511. The van der Waals surface area contributed by atoms with Gasteiger partial charge in [0.25, 0.3) is 0 Å². The van der Waals surface area contributed by atoms with Gasteiger partial charge in [-0.3, -0.25) is 9.13 Å². The van der Waals surface area contributed by atoms with Crippen LogP contribution in [-0.4, -0.2) is 125 Å². The largest absolute Gasteiger partial charge is 0.412 e. The molecule has 0 bridgehead atoms. The van der Waals surface area contributed by atoms with Gasteiger partial charge in [-0.05, 0) is 0 Å². The van der Waals surface area contributed by atoms with Gasteiger partial charge in [-0.1, -0.05) is 0 Å². The molecule has 2 saturated heterocycles. The van der Waals surface area contributed by atoms with E-state index in [2.05, 4.69) is 29.9 Å². The number of ether oxygens (including phenoxy) is 2. The van der Waals surface area contributed by atoms with Gasteiger partial charge >= 0.3 is 0 Å². The number of imidazole rings is 2. The summed E-state index contributed by atoms with van der Waals surface area (Å²) >= 11 is 0. The first-order chi connectivity index (χ1) is 18.3. The average Bonchev–Trinajstić information content (AvgIpc) is 3.67. The minimum Gasteiger partial charge on any atom is -0.412 e. The zero-order chi connectivity index (χ0) is 27.1. The predicted octanol–water partition coefficient (Wildman–Crippen LogP) is -4.78. The van der Waals surface area contributed by atoms with Gasteiger partial charge < -0.3 is 57.1 Å². The first-order valence-electron chi connectivity index (χ1n) is 11.4. The van der Waals surface area contributed by atoms with Crippen molar-refractivity contribution < 1.29 is 45.6 Å². The molecule has 2 fully saturated rings. The van der Waals surface area contributed by atoms with Crippen LogP contribution < -0.4 is 11.5 Å². The second kappa shape index (κ2) is 11.2. The Morgan fingerprint density at radius 1 is 0.641 bits per heavy atom.